The highest BCUT2D eigenvalue weighted by Gasteiger charge is 2.19. The Morgan fingerprint density at radius 2 is 1.76 bits per heavy atom. The first-order chi connectivity index (χ1) is 15.6. The largest absolute Gasteiger partial charge is 0.383 e. The van der Waals surface area contributed by atoms with Crippen LogP contribution in [0.3, 0.4) is 0 Å². The van der Waals surface area contributed by atoms with Gasteiger partial charge in [-0.2, -0.15) is 0 Å². The van der Waals surface area contributed by atoms with Gasteiger partial charge in [-0.1, -0.05) is 39.8 Å². The molecule has 178 valence electrons. The number of aryl methyl sites for hydroxylation is 1. The number of nitrogens with one attached hydrogen (secondary N) is 2. The molecule has 0 spiro atoms. The van der Waals surface area contributed by atoms with Crippen LogP contribution >= 0.6 is 0 Å². The lowest BCUT2D eigenvalue weighted by atomic mass is 9.87. The highest BCUT2D eigenvalue weighted by atomic mass is 32.2. The number of methoxy groups -OCH3 is 1. The lowest BCUT2D eigenvalue weighted by molar-refractivity contribution is 0.0928. The summed E-state index contributed by atoms with van der Waals surface area (Å²) in [5.41, 5.74) is 2.88. The maximum absolute atomic E-state index is 12.9. The Kier molecular flexibility index (Phi) is 7.49. The number of sulfonamides is 1. The van der Waals surface area contributed by atoms with Gasteiger partial charge in [0, 0.05) is 36.8 Å². The van der Waals surface area contributed by atoms with Gasteiger partial charge in [0.25, 0.3) is 15.9 Å². The van der Waals surface area contributed by atoms with Crippen molar-refractivity contribution in [1.29, 1.82) is 0 Å². The van der Waals surface area contributed by atoms with Crippen LogP contribution in [0.4, 0.5) is 5.69 Å². The Morgan fingerprint density at radius 1 is 1.06 bits per heavy atom. The third-order valence-electron chi connectivity index (χ3n) is 5.46. The summed E-state index contributed by atoms with van der Waals surface area (Å²) in [5, 5.41) is 3.65. The van der Waals surface area contributed by atoms with E-state index >= 15 is 0 Å². The molecule has 1 amide bonds. The Morgan fingerprint density at radius 3 is 2.36 bits per heavy atom. The zero-order valence-electron chi connectivity index (χ0n) is 19.9. The van der Waals surface area contributed by atoms with Gasteiger partial charge in [0.05, 0.1) is 11.5 Å². The Balaban J connectivity index is 1.89. The Bertz CT molecular complexity index is 1220. The van der Waals surface area contributed by atoms with E-state index in [0.717, 1.165) is 22.9 Å². The minimum Gasteiger partial charge on any atom is -0.383 e. The molecule has 0 aliphatic rings. The highest BCUT2D eigenvalue weighted by molar-refractivity contribution is 7.92. The molecule has 7 nitrogen and oxygen atoms in total. The number of hydrogen-bond donors (Lipinski definition) is 2. The van der Waals surface area contributed by atoms with Crippen molar-refractivity contribution < 1.29 is 17.9 Å². The van der Waals surface area contributed by atoms with Gasteiger partial charge in [-0.05, 0) is 53.8 Å². The molecule has 1 aromatic heterocycles. The van der Waals surface area contributed by atoms with E-state index in [9.17, 15) is 13.2 Å². The molecule has 0 saturated heterocycles. The maximum atomic E-state index is 12.9. The number of fused-ring (bicyclic) bond motifs is 1. The predicted octanol–water partition coefficient (Wildman–Crippen LogP) is 4.53. The van der Waals surface area contributed by atoms with E-state index in [-0.39, 0.29) is 16.2 Å². The van der Waals surface area contributed by atoms with Crippen LogP contribution in [0.5, 0.6) is 0 Å². The monoisotopic (exact) mass is 471 g/mol. The van der Waals surface area contributed by atoms with E-state index in [0.29, 0.717) is 31.1 Å². The van der Waals surface area contributed by atoms with E-state index in [2.05, 4.69) is 30.8 Å². The molecule has 3 rings (SSSR count). The molecule has 8 heteroatoms. The molecule has 1 heterocycles. The number of carbonyl (C=O) groups is 1. The third-order valence-corrected chi connectivity index (χ3v) is 6.85. The van der Waals surface area contributed by atoms with Crippen LogP contribution in [0.25, 0.3) is 10.9 Å². The summed E-state index contributed by atoms with van der Waals surface area (Å²) in [7, 11) is -2.15. The van der Waals surface area contributed by atoms with Crippen molar-refractivity contribution in [2.24, 2.45) is 0 Å². The molecule has 0 saturated carbocycles. The van der Waals surface area contributed by atoms with Crippen molar-refractivity contribution in [3.8, 4) is 0 Å². The van der Waals surface area contributed by atoms with Gasteiger partial charge in [-0.25, -0.2) is 8.42 Å². The van der Waals surface area contributed by atoms with Crippen molar-refractivity contribution in [3.05, 3.63) is 59.8 Å². The molecule has 0 unspecified atom stereocenters. The molecule has 0 aliphatic carbocycles. The zero-order valence-corrected chi connectivity index (χ0v) is 20.8. The van der Waals surface area contributed by atoms with Gasteiger partial charge in [0.1, 0.15) is 5.69 Å². The molecule has 33 heavy (non-hydrogen) atoms. The van der Waals surface area contributed by atoms with Crippen LogP contribution in [0.2, 0.25) is 0 Å². The number of hydrogen-bond acceptors (Lipinski definition) is 4. The quantitative estimate of drug-likeness (QED) is 0.449. The number of anilines is 1. The lowest BCUT2D eigenvalue weighted by Gasteiger charge is -2.19. The first kappa shape index (κ1) is 24.8. The first-order valence-corrected chi connectivity index (χ1v) is 12.6. The standard InChI is InChI=1S/C25H33N3O4S/c1-6-14-28-22-12-9-20(16-18(22)17-23(28)24(29)26-13-15-32-5)27-33(30,31)21-10-7-19(8-11-21)25(2,3)4/h7-12,16-17,27H,6,13-15H2,1-5H3,(H,26,29). The minimum atomic E-state index is -3.74. The van der Waals surface area contributed by atoms with Crippen LogP contribution in [-0.2, 0) is 26.7 Å². The summed E-state index contributed by atoms with van der Waals surface area (Å²) < 4.78 is 35.5. The number of ether oxygens (including phenoxy) is 1. The fourth-order valence-electron chi connectivity index (χ4n) is 3.69. The summed E-state index contributed by atoms with van der Waals surface area (Å²) >= 11 is 0. The third kappa shape index (κ3) is 5.75. The molecule has 0 bridgehead atoms. The number of carbonyl (C=O) groups excluding carboxylic acids is 1. The zero-order chi connectivity index (χ0) is 24.2. The summed E-state index contributed by atoms with van der Waals surface area (Å²) in [6.45, 7) is 9.83. The van der Waals surface area contributed by atoms with Crippen LogP contribution in [0.15, 0.2) is 53.4 Å². The second-order valence-electron chi connectivity index (χ2n) is 9.08. The summed E-state index contributed by atoms with van der Waals surface area (Å²) in [6.07, 6.45) is 0.862. The Labute approximate surface area is 196 Å². The topological polar surface area (TPSA) is 89.4 Å². The van der Waals surface area contributed by atoms with E-state index in [1.165, 1.54) is 0 Å². The smallest absolute Gasteiger partial charge is 0.268 e. The molecular weight excluding hydrogens is 438 g/mol. The second-order valence-corrected chi connectivity index (χ2v) is 10.8. The summed E-state index contributed by atoms with van der Waals surface area (Å²) in [5.74, 6) is -0.183. The van der Waals surface area contributed by atoms with Crippen molar-refractivity contribution in [3.63, 3.8) is 0 Å². The van der Waals surface area contributed by atoms with E-state index < -0.39 is 10.0 Å². The fraction of sp³-hybridized carbons (Fsp3) is 0.400. The number of aromatic nitrogens is 1. The van der Waals surface area contributed by atoms with Crippen LogP contribution < -0.4 is 10.0 Å². The molecule has 3 aromatic rings. The van der Waals surface area contributed by atoms with Crippen molar-refractivity contribution in [2.45, 2.75) is 51.0 Å². The van der Waals surface area contributed by atoms with Gasteiger partial charge in [0.2, 0.25) is 0 Å². The molecular formula is C25H33N3O4S. The molecule has 2 N–H and O–H groups in total. The maximum Gasteiger partial charge on any atom is 0.268 e. The van der Waals surface area contributed by atoms with E-state index in [4.69, 9.17) is 4.74 Å². The Hall–Kier alpha value is -2.84. The van der Waals surface area contributed by atoms with Gasteiger partial charge in [-0.15, -0.1) is 0 Å². The van der Waals surface area contributed by atoms with Crippen LogP contribution in [0.1, 0.15) is 50.2 Å². The van der Waals surface area contributed by atoms with Crippen LogP contribution in [-0.4, -0.2) is 39.2 Å². The van der Waals surface area contributed by atoms with Gasteiger partial charge in [0.15, 0.2) is 0 Å². The average Bonchev–Trinajstić information content (AvgIpc) is 3.11. The highest BCUT2D eigenvalue weighted by Crippen LogP contribution is 2.27. The van der Waals surface area contributed by atoms with Gasteiger partial charge in [-0.3, -0.25) is 9.52 Å². The molecule has 0 aliphatic heterocycles. The average molecular weight is 472 g/mol. The fourth-order valence-corrected chi connectivity index (χ4v) is 4.74. The minimum absolute atomic E-state index is 0.0556. The van der Waals surface area contributed by atoms with Crippen LogP contribution in [0, 0.1) is 0 Å². The lowest BCUT2D eigenvalue weighted by Crippen LogP contribution is -2.28. The molecule has 2 aromatic carbocycles. The van der Waals surface area contributed by atoms with Gasteiger partial charge < -0.3 is 14.6 Å². The summed E-state index contributed by atoms with van der Waals surface area (Å²) in [4.78, 5) is 12.9. The number of nitrogens with zero attached hydrogens (tertiary/aromatic N) is 1. The number of benzene rings is 2. The molecule has 0 radical (unpaired) electrons. The predicted molar refractivity (Wildman–Crippen MR) is 132 cm³/mol. The molecule has 0 atom stereocenters. The van der Waals surface area contributed by atoms with Gasteiger partial charge >= 0.3 is 0 Å². The summed E-state index contributed by atoms with van der Waals surface area (Å²) in [6, 6.07) is 14.1. The van der Waals surface area contributed by atoms with Crippen molar-refractivity contribution in [1.82, 2.24) is 9.88 Å². The number of rotatable bonds is 9. The number of amides is 1. The van der Waals surface area contributed by atoms with Crippen molar-refractivity contribution >= 4 is 32.5 Å². The SMILES string of the molecule is CCCn1c(C(=O)NCCOC)cc2cc(NS(=O)(=O)c3ccc(C(C)(C)C)cc3)ccc21. The molecule has 0 fully saturated rings. The normalized spacial score (nSPS) is 12.2. The second kappa shape index (κ2) is 9.97. The van der Waals surface area contributed by atoms with E-state index in [1.807, 2.05) is 29.7 Å². The van der Waals surface area contributed by atoms with E-state index in [1.54, 1.807) is 37.4 Å². The first-order valence-electron chi connectivity index (χ1n) is 11.1. The van der Waals surface area contributed by atoms with Crippen molar-refractivity contribution in [2.75, 3.05) is 25.0 Å².